The first kappa shape index (κ1) is 15.3. The second kappa shape index (κ2) is 7.07. The molecule has 1 aliphatic carbocycles. The van der Waals surface area contributed by atoms with Gasteiger partial charge >= 0.3 is 0 Å². The second-order valence-corrected chi connectivity index (χ2v) is 6.06. The van der Waals surface area contributed by atoms with Crippen molar-refractivity contribution < 1.29 is 4.39 Å². The van der Waals surface area contributed by atoms with Gasteiger partial charge in [0.2, 0.25) is 0 Å². The van der Waals surface area contributed by atoms with Gasteiger partial charge in [0.15, 0.2) is 0 Å². The SMILES string of the molecule is CCCNC(C)c1cc(F)ccc1N(C)CC1CCC1. The van der Waals surface area contributed by atoms with Gasteiger partial charge in [-0.15, -0.1) is 0 Å². The van der Waals surface area contributed by atoms with Crippen LogP contribution in [0.2, 0.25) is 0 Å². The first-order valence-corrected chi connectivity index (χ1v) is 7.85. The van der Waals surface area contributed by atoms with Crippen LogP contribution in [0.4, 0.5) is 10.1 Å². The molecule has 0 spiro atoms. The number of halogens is 1. The Morgan fingerprint density at radius 2 is 2.15 bits per heavy atom. The Morgan fingerprint density at radius 1 is 1.40 bits per heavy atom. The summed E-state index contributed by atoms with van der Waals surface area (Å²) in [5.74, 6) is 0.669. The van der Waals surface area contributed by atoms with Crippen LogP contribution in [0.5, 0.6) is 0 Å². The molecule has 1 aliphatic rings. The summed E-state index contributed by atoms with van der Waals surface area (Å²) in [7, 11) is 2.13. The summed E-state index contributed by atoms with van der Waals surface area (Å²) < 4.78 is 13.6. The summed E-state index contributed by atoms with van der Waals surface area (Å²) >= 11 is 0. The molecule has 1 N–H and O–H groups in total. The number of rotatable bonds is 7. The molecule has 1 aromatic rings. The Balaban J connectivity index is 2.13. The molecule has 112 valence electrons. The lowest BCUT2D eigenvalue weighted by Gasteiger charge is -2.33. The average molecular weight is 278 g/mol. The van der Waals surface area contributed by atoms with Gasteiger partial charge < -0.3 is 10.2 Å². The number of anilines is 1. The highest BCUT2D eigenvalue weighted by Gasteiger charge is 2.21. The minimum absolute atomic E-state index is 0.147. The molecule has 0 saturated heterocycles. The lowest BCUT2D eigenvalue weighted by molar-refractivity contribution is 0.321. The van der Waals surface area contributed by atoms with Crippen molar-refractivity contribution in [3.05, 3.63) is 29.6 Å². The third-order valence-corrected chi connectivity index (χ3v) is 4.32. The third kappa shape index (κ3) is 3.72. The van der Waals surface area contributed by atoms with Crippen molar-refractivity contribution in [2.45, 2.75) is 45.6 Å². The van der Waals surface area contributed by atoms with Crippen molar-refractivity contribution in [3.63, 3.8) is 0 Å². The van der Waals surface area contributed by atoms with E-state index in [4.69, 9.17) is 0 Å². The molecule has 0 radical (unpaired) electrons. The monoisotopic (exact) mass is 278 g/mol. The molecule has 3 heteroatoms. The average Bonchev–Trinajstić information content (AvgIpc) is 2.39. The van der Waals surface area contributed by atoms with E-state index in [0.29, 0.717) is 0 Å². The van der Waals surface area contributed by atoms with Crippen LogP contribution in [0.3, 0.4) is 0 Å². The van der Waals surface area contributed by atoms with Gasteiger partial charge in [0, 0.05) is 25.3 Å². The van der Waals surface area contributed by atoms with Crippen LogP contribution in [-0.4, -0.2) is 20.1 Å². The minimum atomic E-state index is -0.147. The second-order valence-electron chi connectivity index (χ2n) is 6.06. The molecular weight excluding hydrogens is 251 g/mol. The van der Waals surface area contributed by atoms with E-state index in [9.17, 15) is 4.39 Å². The van der Waals surface area contributed by atoms with E-state index in [1.165, 1.54) is 19.3 Å². The van der Waals surface area contributed by atoms with E-state index >= 15 is 0 Å². The highest BCUT2D eigenvalue weighted by molar-refractivity contribution is 5.54. The van der Waals surface area contributed by atoms with Crippen LogP contribution in [-0.2, 0) is 0 Å². The van der Waals surface area contributed by atoms with Crippen molar-refractivity contribution in [3.8, 4) is 0 Å². The van der Waals surface area contributed by atoms with Gasteiger partial charge in [0.05, 0.1) is 0 Å². The Morgan fingerprint density at radius 3 is 2.75 bits per heavy atom. The smallest absolute Gasteiger partial charge is 0.123 e. The zero-order valence-corrected chi connectivity index (χ0v) is 13.0. The van der Waals surface area contributed by atoms with Crippen LogP contribution < -0.4 is 10.2 Å². The van der Waals surface area contributed by atoms with Gasteiger partial charge in [-0.25, -0.2) is 4.39 Å². The fraction of sp³-hybridized carbons (Fsp3) is 0.647. The van der Waals surface area contributed by atoms with E-state index < -0.39 is 0 Å². The van der Waals surface area contributed by atoms with Gasteiger partial charge in [-0.05, 0) is 62.4 Å². The Labute approximate surface area is 122 Å². The standard InChI is InChI=1S/C17H27FN2/c1-4-10-19-13(2)16-11-15(18)8-9-17(16)20(3)12-14-6-5-7-14/h8-9,11,13-14,19H,4-7,10,12H2,1-3H3. The molecule has 2 nitrogen and oxygen atoms in total. The van der Waals surface area contributed by atoms with Crippen LogP contribution in [0.1, 0.15) is 51.1 Å². The molecular formula is C17H27FN2. The summed E-state index contributed by atoms with van der Waals surface area (Å²) in [4.78, 5) is 2.29. The van der Waals surface area contributed by atoms with E-state index in [-0.39, 0.29) is 11.9 Å². The van der Waals surface area contributed by atoms with Gasteiger partial charge in [0.1, 0.15) is 5.82 Å². The summed E-state index contributed by atoms with van der Waals surface area (Å²) in [6.07, 6.45) is 5.13. The largest absolute Gasteiger partial charge is 0.374 e. The fourth-order valence-electron chi connectivity index (χ4n) is 2.85. The maximum Gasteiger partial charge on any atom is 0.123 e. The zero-order valence-electron chi connectivity index (χ0n) is 13.0. The topological polar surface area (TPSA) is 15.3 Å². The summed E-state index contributed by atoms with van der Waals surface area (Å²) in [5.41, 5.74) is 2.23. The van der Waals surface area contributed by atoms with Crippen LogP contribution >= 0.6 is 0 Å². The van der Waals surface area contributed by atoms with Crippen molar-refractivity contribution in [1.29, 1.82) is 0 Å². The van der Waals surface area contributed by atoms with Crippen molar-refractivity contribution >= 4 is 5.69 Å². The summed E-state index contributed by atoms with van der Waals surface area (Å²) in [5, 5.41) is 3.46. The van der Waals surface area contributed by atoms with Gasteiger partial charge in [-0.1, -0.05) is 13.3 Å². The van der Waals surface area contributed by atoms with Crippen LogP contribution in [0.25, 0.3) is 0 Å². The molecule has 1 fully saturated rings. The number of hydrogen-bond acceptors (Lipinski definition) is 2. The Hall–Kier alpha value is -1.09. The number of nitrogens with one attached hydrogen (secondary N) is 1. The summed E-state index contributed by atoms with van der Waals surface area (Å²) in [6, 6.07) is 5.36. The molecule has 0 amide bonds. The van der Waals surface area contributed by atoms with Crippen LogP contribution in [0.15, 0.2) is 18.2 Å². The highest BCUT2D eigenvalue weighted by atomic mass is 19.1. The van der Waals surface area contributed by atoms with Gasteiger partial charge in [-0.2, -0.15) is 0 Å². The van der Waals surface area contributed by atoms with Crippen molar-refractivity contribution in [1.82, 2.24) is 5.32 Å². The Bertz CT molecular complexity index is 429. The lowest BCUT2D eigenvalue weighted by atomic mass is 9.85. The lowest BCUT2D eigenvalue weighted by Crippen LogP contribution is -2.31. The molecule has 0 aliphatic heterocycles. The van der Waals surface area contributed by atoms with E-state index in [1.807, 2.05) is 6.07 Å². The first-order chi connectivity index (χ1) is 9.61. The van der Waals surface area contributed by atoms with E-state index in [1.54, 1.807) is 12.1 Å². The fourth-order valence-corrected chi connectivity index (χ4v) is 2.85. The minimum Gasteiger partial charge on any atom is -0.374 e. The molecule has 1 unspecified atom stereocenters. The Kier molecular flexibility index (Phi) is 5.41. The zero-order chi connectivity index (χ0) is 14.5. The summed E-state index contributed by atoms with van der Waals surface area (Å²) in [6.45, 7) is 6.31. The predicted octanol–water partition coefficient (Wildman–Crippen LogP) is 4.12. The number of benzene rings is 1. The molecule has 1 saturated carbocycles. The molecule has 20 heavy (non-hydrogen) atoms. The molecule has 0 bridgehead atoms. The van der Waals surface area contributed by atoms with Gasteiger partial charge in [-0.3, -0.25) is 0 Å². The first-order valence-electron chi connectivity index (χ1n) is 7.85. The normalized spacial score (nSPS) is 16.8. The van der Waals surface area contributed by atoms with E-state index in [2.05, 4.69) is 31.1 Å². The van der Waals surface area contributed by atoms with Crippen LogP contribution in [0, 0.1) is 11.7 Å². The molecule has 2 rings (SSSR count). The predicted molar refractivity (Wildman–Crippen MR) is 83.7 cm³/mol. The molecule has 0 heterocycles. The number of nitrogens with zero attached hydrogens (tertiary/aromatic N) is 1. The third-order valence-electron chi connectivity index (χ3n) is 4.32. The van der Waals surface area contributed by atoms with Crippen molar-refractivity contribution in [2.24, 2.45) is 5.92 Å². The molecule has 0 aromatic heterocycles. The highest BCUT2D eigenvalue weighted by Crippen LogP contribution is 2.31. The van der Waals surface area contributed by atoms with Crippen molar-refractivity contribution in [2.75, 3.05) is 25.0 Å². The maximum atomic E-state index is 13.6. The maximum absolute atomic E-state index is 13.6. The molecule has 1 aromatic carbocycles. The quantitative estimate of drug-likeness (QED) is 0.807. The number of hydrogen-bond donors (Lipinski definition) is 1. The van der Waals surface area contributed by atoms with Gasteiger partial charge in [0.25, 0.3) is 0 Å². The van der Waals surface area contributed by atoms with E-state index in [0.717, 1.165) is 36.7 Å². The molecule has 1 atom stereocenters.